The first-order valence-electron chi connectivity index (χ1n) is 32.6. The fourth-order valence-corrected chi connectivity index (χ4v) is 15.6. The minimum absolute atomic E-state index is 0. The van der Waals surface area contributed by atoms with Crippen LogP contribution in [0.1, 0.15) is 174 Å². The van der Waals surface area contributed by atoms with Crippen LogP contribution in [0.25, 0.3) is 34.0 Å². The van der Waals surface area contributed by atoms with E-state index in [9.17, 15) is 38.4 Å². The number of esters is 2. The third-order valence-corrected chi connectivity index (χ3v) is 25.6. The number of carbonyl (C=O) groups excluding carboxylic acids is 5. The average molecular weight is 1320 g/mol. The molecule has 3 fully saturated rings. The number of ether oxygens (including phenoxy) is 5. The third-order valence-electron chi connectivity index (χ3n) is 21.1. The molecule has 20 nitrogen and oxygen atoms in total. The second kappa shape index (κ2) is 27.1. The van der Waals surface area contributed by atoms with Gasteiger partial charge in [0.1, 0.15) is 69.0 Å². The predicted molar refractivity (Wildman–Crippen MR) is 358 cm³/mol. The van der Waals surface area contributed by atoms with Crippen molar-refractivity contribution in [2.45, 2.75) is 196 Å². The molecular formula is C74H91N3O17Si. The number of rotatable bonds is 10. The second-order valence-corrected chi connectivity index (χ2v) is 34.0. The van der Waals surface area contributed by atoms with E-state index in [1.165, 1.54) is 13.8 Å². The van der Waals surface area contributed by atoms with Gasteiger partial charge in [-0.2, -0.15) is 0 Å². The molecule has 3 aliphatic carbocycles. The highest BCUT2D eigenvalue weighted by Crippen LogP contribution is 2.54. The van der Waals surface area contributed by atoms with Gasteiger partial charge in [0, 0.05) is 85.9 Å². The number of fused-ring (bicyclic) bond motifs is 6. The van der Waals surface area contributed by atoms with Crippen LogP contribution in [0.3, 0.4) is 0 Å². The number of pyridine rings is 3. The van der Waals surface area contributed by atoms with Crippen LogP contribution in [0.4, 0.5) is 0 Å². The van der Waals surface area contributed by atoms with Crippen molar-refractivity contribution in [2.24, 2.45) is 53.3 Å². The third kappa shape index (κ3) is 13.8. The van der Waals surface area contributed by atoms with Gasteiger partial charge in [0.2, 0.25) is 0 Å². The number of aromatic nitrogens is 3. The van der Waals surface area contributed by atoms with Crippen LogP contribution in [0.2, 0.25) is 18.1 Å². The van der Waals surface area contributed by atoms with Crippen molar-refractivity contribution in [1.29, 1.82) is 0 Å². The number of Topliss-reactive ketones (excluding diaryl/α,β-unsaturated/α-hetero) is 3. The zero-order valence-corrected chi connectivity index (χ0v) is 57.6. The quantitative estimate of drug-likeness (QED) is 0.0910. The van der Waals surface area contributed by atoms with E-state index in [4.69, 9.17) is 41.4 Å². The Bertz CT molecular complexity index is 3880. The van der Waals surface area contributed by atoms with Gasteiger partial charge in [-0.3, -0.25) is 38.9 Å². The molecule has 0 aromatic carbocycles. The van der Waals surface area contributed by atoms with Crippen LogP contribution in [0, 0.1) is 53.3 Å². The van der Waals surface area contributed by atoms with Gasteiger partial charge in [-0.25, -0.2) is 14.4 Å². The maximum Gasteiger partial charge on any atom is 0.351 e. The molecule has 12 rings (SSSR count). The highest BCUT2D eigenvalue weighted by Gasteiger charge is 2.61. The predicted octanol–water partition coefficient (Wildman–Crippen LogP) is 14.0. The summed E-state index contributed by atoms with van der Waals surface area (Å²) >= 11 is 0. The van der Waals surface area contributed by atoms with Crippen molar-refractivity contribution >= 4 is 37.6 Å². The van der Waals surface area contributed by atoms with E-state index < -0.39 is 83.9 Å². The topological polar surface area (TPSA) is 270 Å². The average Bonchev–Trinajstić information content (AvgIpc) is 0.734. The molecule has 0 amide bonds. The van der Waals surface area contributed by atoms with Crippen LogP contribution >= 0.6 is 0 Å². The van der Waals surface area contributed by atoms with Crippen molar-refractivity contribution in [3.63, 3.8) is 0 Å². The number of nitrogens with zero attached hydrogens (tertiary/aromatic N) is 3. The Balaban J connectivity index is 0.000000167. The van der Waals surface area contributed by atoms with Crippen molar-refractivity contribution in [3.8, 4) is 51.2 Å². The van der Waals surface area contributed by atoms with Crippen molar-refractivity contribution in [1.82, 2.24) is 15.0 Å². The molecule has 3 saturated carbocycles. The summed E-state index contributed by atoms with van der Waals surface area (Å²) in [6.45, 7) is 32.1. The molecule has 0 bridgehead atoms. The molecule has 0 saturated heterocycles. The molecule has 3 aliphatic heterocycles. The molecule has 508 valence electrons. The van der Waals surface area contributed by atoms with E-state index in [1.807, 2.05) is 13.0 Å². The Hall–Kier alpha value is -8.17. The monoisotopic (exact) mass is 1320 g/mol. The maximum absolute atomic E-state index is 13.8. The van der Waals surface area contributed by atoms with Gasteiger partial charge in [0.25, 0.3) is 0 Å². The zero-order valence-electron chi connectivity index (χ0n) is 56.6. The lowest BCUT2D eigenvalue weighted by Gasteiger charge is -2.54. The summed E-state index contributed by atoms with van der Waals surface area (Å²) in [7, 11) is -2.15. The summed E-state index contributed by atoms with van der Waals surface area (Å²) in [5.74, 6) is -0.189. The number of hydrogen-bond acceptors (Lipinski definition) is 20. The minimum atomic E-state index is -2.15. The molecule has 6 aliphatic rings. The molecule has 12 atom stereocenters. The molecule has 9 heterocycles. The van der Waals surface area contributed by atoms with Gasteiger partial charge < -0.3 is 41.4 Å². The molecule has 6 aromatic rings. The van der Waals surface area contributed by atoms with E-state index >= 15 is 0 Å². The van der Waals surface area contributed by atoms with Crippen molar-refractivity contribution in [3.05, 3.63) is 140 Å². The first-order chi connectivity index (χ1) is 44.1. The van der Waals surface area contributed by atoms with Gasteiger partial charge in [-0.1, -0.05) is 69.7 Å². The van der Waals surface area contributed by atoms with Gasteiger partial charge in [-0.05, 0) is 149 Å². The van der Waals surface area contributed by atoms with E-state index in [0.29, 0.717) is 78.2 Å². The summed E-state index contributed by atoms with van der Waals surface area (Å²) < 4.78 is 53.8. The number of carbonyl (C=O) groups is 5. The lowest BCUT2D eigenvalue weighted by Crippen LogP contribution is -2.64. The highest BCUT2D eigenvalue weighted by molar-refractivity contribution is 6.74. The Labute approximate surface area is 555 Å². The molecule has 0 unspecified atom stereocenters. The van der Waals surface area contributed by atoms with Crippen LogP contribution in [0.5, 0.6) is 17.2 Å². The first kappa shape index (κ1) is 71.1. The Morgan fingerprint density at radius 2 is 0.779 bits per heavy atom. The fourth-order valence-electron chi connectivity index (χ4n) is 14.2. The highest BCUT2D eigenvalue weighted by atomic mass is 28.4. The van der Waals surface area contributed by atoms with Gasteiger partial charge in [0.05, 0.1) is 23.9 Å². The van der Waals surface area contributed by atoms with Gasteiger partial charge in [-0.15, -0.1) is 0 Å². The lowest BCUT2D eigenvalue weighted by atomic mass is 9.64. The van der Waals surface area contributed by atoms with Gasteiger partial charge in [0.15, 0.2) is 36.9 Å². The number of hydrogen-bond donors (Lipinski definition) is 0. The van der Waals surface area contributed by atoms with E-state index in [-0.39, 0.29) is 93.2 Å². The van der Waals surface area contributed by atoms with Crippen molar-refractivity contribution in [2.75, 3.05) is 0 Å². The molecule has 0 radical (unpaired) electrons. The number of ketones is 3. The Morgan fingerprint density at radius 1 is 0.495 bits per heavy atom. The summed E-state index contributed by atoms with van der Waals surface area (Å²) in [4.78, 5) is 115. The van der Waals surface area contributed by atoms with E-state index in [1.54, 1.807) is 99.6 Å². The standard InChI is InChI=1S/C27H37NO5Si.2C23H25NO6.CH4/c1-16(2)18-12-19-24(29)23-21(14-20(31-25(23)30)17-10-9-11-28-15-17)32-27(19,6)22(13-18)33-34(7,8)26(3,4)5;2*1-12(2)15-8-16-21(26)20-18(30-23(16,4)19(9-15)28-13(3)25)10-17(29-22(20)27)14-6-5-7-24-11-14;/h9-11,14-16,18-19,22H,12-13H2,1-8H3;2*5-7,10-12,15-16,19H,8-9H2,1-4H3;1H4/t18-,19-,22-,27-;15-,16+,19-,23-;15-,16-,19-,23-;/m000./s1. The summed E-state index contributed by atoms with van der Waals surface area (Å²) in [6, 6.07) is 15.3. The van der Waals surface area contributed by atoms with E-state index in [2.05, 4.69) is 90.4 Å². The normalized spacial score (nSPS) is 27.3. The summed E-state index contributed by atoms with van der Waals surface area (Å²) in [6.07, 6.45) is 12.0. The Kier molecular flexibility index (Phi) is 20.3. The molecule has 0 spiro atoms. The first-order valence-corrected chi connectivity index (χ1v) is 35.5. The fraction of sp³-hybridized carbons (Fsp3) is 0.527. The second-order valence-electron chi connectivity index (χ2n) is 29.2. The van der Waals surface area contributed by atoms with Crippen LogP contribution in [-0.4, -0.2) is 87.7 Å². The largest absolute Gasteiger partial charge is 0.483 e. The van der Waals surface area contributed by atoms with Crippen LogP contribution in [0.15, 0.2) is 119 Å². The summed E-state index contributed by atoms with van der Waals surface area (Å²) in [5.41, 5.74) is -3.35. The van der Waals surface area contributed by atoms with Crippen LogP contribution in [-0.2, 0) is 23.5 Å². The molecule has 95 heavy (non-hydrogen) atoms. The lowest BCUT2D eigenvalue weighted by molar-refractivity contribution is -0.174. The molecule has 21 heteroatoms. The van der Waals surface area contributed by atoms with Crippen molar-refractivity contribution < 1.29 is 65.3 Å². The molecule has 6 aromatic heterocycles. The SMILES string of the molecule is C.CC(=O)O[C@H]1C[C@@H](C(C)C)C[C@@H]2C(=O)c3c(cc(-c4cccnc4)oc3=O)O[C@]12C.CC(=O)O[C@H]1C[C@@H](C(C)C)C[C@H]2C(=O)c3c(cc(-c4cccnc4)oc3=O)O[C@]12C.CC(C)[C@@H]1C[C@H](O[Si](C)(C)C(C)(C)C)[C@@]2(C)Oc3cc(-c4cccnc4)oc(=O)c3C(=O)[C@@H]2C1. The maximum atomic E-state index is 13.8. The smallest absolute Gasteiger partial charge is 0.351 e. The Morgan fingerprint density at radius 3 is 1.03 bits per heavy atom. The summed E-state index contributed by atoms with van der Waals surface area (Å²) in [5, 5.41) is 0.0226. The van der Waals surface area contributed by atoms with E-state index in [0.717, 1.165) is 6.42 Å². The molecular weight excluding hydrogens is 1230 g/mol. The van der Waals surface area contributed by atoms with Crippen LogP contribution < -0.4 is 31.1 Å². The minimum Gasteiger partial charge on any atom is -0.483 e. The zero-order chi connectivity index (χ0) is 68.3. The van der Waals surface area contributed by atoms with Gasteiger partial charge >= 0.3 is 28.8 Å². The molecule has 0 N–H and O–H groups in total.